The summed E-state index contributed by atoms with van der Waals surface area (Å²) in [6, 6.07) is 4.67. The Bertz CT molecular complexity index is 483. The Morgan fingerprint density at radius 1 is 1.47 bits per heavy atom. The van der Waals surface area contributed by atoms with Crippen LogP contribution in [0.4, 0.5) is 5.69 Å². The fraction of sp³-hybridized carbons (Fsp3) is 0.333. The standard InChI is InChI=1S/C12H13NO4/c1-7-4-9(14)2-3-10(7)13-6-8(12(16)17)5-11(13)15/h2-4,8,14H,5-6H2,1H3,(H,16,17). The molecule has 1 heterocycles. The Morgan fingerprint density at radius 2 is 2.18 bits per heavy atom. The van der Waals surface area contributed by atoms with Crippen LogP contribution in [0.25, 0.3) is 0 Å². The fourth-order valence-electron chi connectivity index (χ4n) is 2.05. The minimum absolute atomic E-state index is 0.0374. The molecule has 1 amide bonds. The first kappa shape index (κ1) is 11.4. The van der Waals surface area contributed by atoms with E-state index < -0.39 is 11.9 Å². The van der Waals surface area contributed by atoms with E-state index in [1.165, 1.54) is 11.0 Å². The number of carboxylic acids is 1. The first-order chi connectivity index (χ1) is 7.99. The lowest BCUT2D eigenvalue weighted by Gasteiger charge is -2.18. The SMILES string of the molecule is Cc1cc(O)ccc1N1CC(C(=O)O)CC1=O. The number of aryl methyl sites for hydroxylation is 1. The van der Waals surface area contributed by atoms with Gasteiger partial charge in [-0.1, -0.05) is 0 Å². The highest BCUT2D eigenvalue weighted by Crippen LogP contribution is 2.29. The van der Waals surface area contributed by atoms with Crippen LogP contribution in [-0.2, 0) is 9.59 Å². The van der Waals surface area contributed by atoms with Crippen molar-refractivity contribution in [3.05, 3.63) is 23.8 Å². The molecule has 2 rings (SSSR count). The number of rotatable bonds is 2. The van der Waals surface area contributed by atoms with E-state index in [1.807, 2.05) is 0 Å². The highest BCUT2D eigenvalue weighted by molar-refractivity contribution is 5.99. The van der Waals surface area contributed by atoms with Crippen molar-refractivity contribution in [2.45, 2.75) is 13.3 Å². The lowest BCUT2D eigenvalue weighted by Crippen LogP contribution is -2.26. The molecule has 2 N–H and O–H groups in total. The maximum Gasteiger partial charge on any atom is 0.308 e. The van der Waals surface area contributed by atoms with Crippen LogP contribution in [0.3, 0.4) is 0 Å². The quantitative estimate of drug-likeness (QED) is 0.805. The van der Waals surface area contributed by atoms with Crippen molar-refractivity contribution in [3.63, 3.8) is 0 Å². The van der Waals surface area contributed by atoms with Gasteiger partial charge in [-0.2, -0.15) is 0 Å². The van der Waals surface area contributed by atoms with Crippen molar-refractivity contribution >= 4 is 17.6 Å². The Balaban J connectivity index is 2.29. The maximum absolute atomic E-state index is 11.7. The minimum atomic E-state index is -0.947. The van der Waals surface area contributed by atoms with Gasteiger partial charge in [0.15, 0.2) is 0 Å². The molecule has 0 bridgehead atoms. The number of benzene rings is 1. The van der Waals surface area contributed by atoms with Crippen molar-refractivity contribution in [1.29, 1.82) is 0 Å². The normalized spacial score (nSPS) is 19.7. The minimum Gasteiger partial charge on any atom is -0.508 e. The predicted molar refractivity (Wildman–Crippen MR) is 60.9 cm³/mol. The van der Waals surface area contributed by atoms with E-state index >= 15 is 0 Å². The number of hydrogen-bond acceptors (Lipinski definition) is 3. The van der Waals surface area contributed by atoms with Gasteiger partial charge in [0, 0.05) is 18.7 Å². The molecular formula is C12H13NO4. The van der Waals surface area contributed by atoms with Gasteiger partial charge in [-0.3, -0.25) is 9.59 Å². The third-order valence-corrected chi connectivity index (χ3v) is 2.95. The largest absolute Gasteiger partial charge is 0.508 e. The predicted octanol–water partition coefficient (Wildman–Crippen LogP) is 1.14. The molecule has 0 spiro atoms. The van der Waals surface area contributed by atoms with Crippen molar-refractivity contribution < 1.29 is 19.8 Å². The summed E-state index contributed by atoms with van der Waals surface area (Å²) in [6.07, 6.45) is 0.0374. The molecule has 5 heteroatoms. The number of nitrogens with zero attached hydrogens (tertiary/aromatic N) is 1. The van der Waals surface area contributed by atoms with Gasteiger partial charge in [0.05, 0.1) is 5.92 Å². The van der Waals surface area contributed by atoms with Crippen LogP contribution >= 0.6 is 0 Å². The molecule has 5 nitrogen and oxygen atoms in total. The summed E-state index contributed by atoms with van der Waals surface area (Å²) in [4.78, 5) is 24.0. The molecule has 1 aromatic rings. The molecule has 0 saturated carbocycles. The van der Waals surface area contributed by atoms with Gasteiger partial charge in [-0.05, 0) is 30.7 Å². The van der Waals surface area contributed by atoms with Crippen LogP contribution in [0.1, 0.15) is 12.0 Å². The molecule has 1 aliphatic heterocycles. The maximum atomic E-state index is 11.7. The Morgan fingerprint density at radius 3 is 2.71 bits per heavy atom. The number of aliphatic carboxylic acids is 1. The number of carbonyl (C=O) groups excluding carboxylic acids is 1. The molecule has 17 heavy (non-hydrogen) atoms. The average molecular weight is 235 g/mol. The van der Waals surface area contributed by atoms with E-state index in [2.05, 4.69) is 0 Å². The molecule has 0 aromatic heterocycles. The second-order valence-electron chi connectivity index (χ2n) is 4.21. The average Bonchev–Trinajstić information content (AvgIpc) is 2.61. The first-order valence-electron chi connectivity index (χ1n) is 5.32. The topological polar surface area (TPSA) is 77.8 Å². The number of phenolic OH excluding ortho intramolecular Hbond substituents is 1. The number of anilines is 1. The highest BCUT2D eigenvalue weighted by Gasteiger charge is 2.35. The number of aromatic hydroxyl groups is 1. The number of amides is 1. The first-order valence-corrected chi connectivity index (χ1v) is 5.32. The monoisotopic (exact) mass is 235 g/mol. The van der Waals surface area contributed by atoms with Crippen LogP contribution in [0.5, 0.6) is 5.75 Å². The molecule has 1 unspecified atom stereocenters. The van der Waals surface area contributed by atoms with Crippen molar-refractivity contribution in [2.24, 2.45) is 5.92 Å². The van der Waals surface area contributed by atoms with Crippen molar-refractivity contribution in [2.75, 3.05) is 11.4 Å². The van der Waals surface area contributed by atoms with E-state index in [-0.39, 0.29) is 24.6 Å². The molecule has 90 valence electrons. The summed E-state index contributed by atoms with van der Waals surface area (Å²) in [6.45, 7) is 1.97. The van der Waals surface area contributed by atoms with E-state index in [0.29, 0.717) is 5.69 Å². The molecule has 1 atom stereocenters. The Labute approximate surface area is 98.3 Å². The van der Waals surface area contributed by atoms with Crippen LogP contribution in [0.15, 0.2) is 18.2 Å². The summed E-state index contributed by atoms with van der Waals surface area (Å²) in [5.74, 6) is -1.65. The molecule has 1 fully saturated rings. The van der Waals surface area contributed by atoms with Gasteiger partial charge in [0.2, 0.25) is 5.91 Å². The van der Waals surface area contributed by atoms with Gasteiger partial charge >= 0.3 is 5.97 Å². The van der Waals surface area contributed by atoms with E-state index in [9.17, 15) is 14.7 Å². The lowest BCUT2D eigenvalue weighted by molar-refractivity contribution is -0.141. The Kier molecular flexibility index (Phi) is 2.75. The zero-order valence-corrected chi connectivity index (χ0v) is 9.38. The second-order valence-corrected chi connectivity index (χ2v) is 4.21. The summed E-state index contributed by atoms with van der Waals surface area (Å²) < 4.78 is 0. The van der Waals surface area contributed by atoms with Crippen molar-refractivity contribution in [3.8, 4) is 5.75 Å². The zero-order valence-electron chi connectivity index (χ0n) is 9.38. The summed E-state index contributed by atoms with van der Waals surface area (Å²) >= 11 is 0. The molecule has 1 aromatic carbocycles. The van der Waals surface area contributed by atoms with Crippen LogP contribution in [0.2, 0.25) is 0 Å². The third-order valence-electron chi connectivity index (χ3n) is 2.95. The van der Waals surface area contributed by atoms with Gasteiger partial charge in [0.25, 0.3) is 0 Å². The molecular weight excluding hydrogens is 222 g/mol. The number of hydrogen-bond donors (Lipinski definition) is 2. The summed E-state index contributed by atoms with van der Waals surface area (Å²) in [5.41, 5.74) is 1.42. The van der Waals surface area contributed by atoms with Crippen LogP contribution in [-0.4, -0.2) is 28.6 Å². The Hall–Kier alpha value is -2.04. The highest BCUT2D eigenvalue weighted by atomic mass is 16.4. The molecule has 1 saturated heterocycles. The molecule has 0 aliphatic carbocycles. The third kappa shape index (κ3) is 2.08. The second kappa shape index (κ2) is 4.08. The van der Waals surface area contributed by atoms with Gasteiger partial charge in [0.1, 0.15) is 5.75 Å². The lowest BCUT2D eigenvalue weighted by atomic mass is 10.1. The fourth-order valence-corrected chi connectivity index (χ4v) is 2.05. The van der Waals surface area contributed by atoms with E-state index in [4.69, 9.17) is 5.11 Å². The van der Waals surface area contributed by atoms with Crippen LogP contribution < -0.4 is 4.90 Å². The smallest absolute Gasteiger partial charge is 0.308 e. The van der Waals surface area contributed by atoms with E-state index in [1.54, 1.807) is 19.1 Å². The molecule has 0 radical (unpaired) electrons. The number of carboxylic acid groups (broad SMARTS) is 1. The van der Waals surface area contributed by atoms with Gasteiger partial charge < -0.3 is 15.1 Å². The molecule has 1 aliphatic rings. The van der Waals surface area contributed by atoms with Gasteiger partial charge in [-0.15, -0.1) is 0 Å². The zero-order chi connectivity index (χ0) is 12.6. The summed E-state index contributed by atoms with van der Waals surface area (Å²) in [7, 11) is 0. The van der Waals surface area contributed by atoms with Crippen molar-refractivity contribution in [1.82, 2.24) is 0 Å². The van der Waals surface area contributed by atoms with E-state index in [0.717, 1.165) is 5.56 Å². The summed E-state index contributed by atoms with van der Waals surface area (Å²) in [5, 5.41) is 18.2. The van der Waals surface area contributed by atoms with Crippen LogP contribution in [0, 0.1) is 12.8 Å². The van der Waals surface area contributed by atoms with Gasteiger partial charge in [-0.25, -0.2) is 0 Å². The number of phenols is 1. The number of carbonyl (C=O) groups is 2.